The van der Waals surface area contributed by atoms with Gasteiger partial charge in [0.05, 0.1) is 21.5 Å². The van der Waals surface area contributed by atoms with Gasteiger partial charge < -0.3 is 5.32 Å². The minimum atomic E-state index is -3.68. The van der Waals surface area contributed by atoms with Gasteiger partial charge in [-0.1, -0.05) is 72.6 Å². The Morgan fingerprint density at radius 1 is 0.939 bits per heavy atom. The molecule has 0 unspecified atom stereocenters. The van der Waals surface area contributed by atoms with Crippen molar-refractivity contribution in [3.05, 3.63) is 100 Å². The second-order valence-corrected chi connectivity index (χ2v) is 10.6. The molecule has 0 spiro atoms. The quantitative estimate of drug-likeness (QED) is 0.515. The molecule has 3 aromatic carbocycles. The van der Waals surface area contributed by atoms with Crippen molar-refractivity contribution in [1.82, 2.24) is 9.62 Å². The van der Waals surface area contributed by atoms with Crippen LogP contribution in [0.5, 0.6) is 0 Å². The van der Waals surface area contributed by atoms with Gasteiger partial charge in [-0.05, 0) is 54.7 Å². The summed E-state index contributed by atoms with van der Waals surface area (Å²) in [6.45, 7) is 2.99. The highest BCUT2D eigenvalue weighted by Gasteiger charge is 2.28. The van der Waals surface area contributed by atoms with E-state index < -0.39 is 22.0 Å². The molecular weight excluding hydrogens is 456 g/mol. The first-order valence-electron chi connectivity index (χ1n) is 11.1. The number of aryl methyl sites for hydroxylation is 1. The van der Waals surface area contributed by atoms with E-state index in [1.54, 1.807) is 0 Å². The maximum atomic E-state index is 13.4. The van der Waals surface area contributed by atoms with Crippen molar-refractivity contribution in [2.24, 2.45) is 0 Å². The van der Waals surface area contributed by atoms with Crippen LogP contribution in [0.1, 0.15) is 52.4 Å². The first-order valence-corrected chi connectivity index (χ1v) is 12.9. The van der Waals surface area contributed by atoms with E-state index in [0.717, 1.165) is 36.0 Å². The molecule has 7 heteroatoms. The Kier molecular flexibility index (Phi) is 7.17. The number of sulfonamides is 1. The van der Waals surface area contributed by atoms with Gasteiger partial charge in [-0.2, -0.15) is 4.31 Å². The third kappa shape index (κ3) is 5.13. The van der Waals surface area contributed by atoms with Crippen LogP contribution in [0, 0.1) is 6.92 Å². The monoisotopic (exact) mass is 482 g/mol. The van der Waals surface area contributed by atoms with E-state index in [1.165, 1.54) is 22.5 Å². The second kappa shape index (κ2) is 10.1. The summed E-state index contributed by atoms with van der Waals surface area (Å²) in [6.07, 6.45) is 2.71. The van der Waals surface area contributed by atoms with Crippen molar-refractivity contribution in [3.8, 4) is 0 Å². The van der Waals surface area contributed by atoms with Gasteiger partial charge in [0, 0.05) is 13.1 Å². The summed E-state index contributed by atoms with van der Waals surface area (Å²) < 4.78 is 27.8. The van der Waals surface area contributed by atoms with Crippen LogP contribution in [0.25, 0.3) is 0 Å². The first kappa shape index (κ1) is 23.5. The number of amides is 1. The molecule has 1 aliphatic rings. The fourth-order valence-corrected chi connectivity index (χ4v) is 5.95. The van der Waals surface area contributed by atoms with E-state index in [0.29, 0.717) is 13.1 Å². The van der Waals surface area contributed by atoms with Crippen molar-refractivity contribution in [1.29, 1.82) is 0 Å². The van der Waals surface area contributed by atoms with Crippen molar-refractivity contribution in [2.45, 2.75) is 37.1 Å². The number of benzene rings is 3. The summed E-state index contributed by atoms with van der Waals surface area (Å²) in [5.74, 6) is -0.423. The fraction of sp³-hybridized carbons (Fsp3) is 0.269. The molecular formula is C26H27ClN2O3S. The third-order valence-corrected chi connectivity index (χ3v) is 8.27. The smallest absolute Gasteiger partial charge is 0.253 e. The summed E-state index contributed by atoms with van der Waals surface area (Å²) >= 11 is 6.36. The zero-order valence-corrected chi connectivity index (χ0v) is 20.1. The summed E-state index contributed by atoms with van der Waals surface area (Å²) in [7, 11) is -3.68. The highest BCUT2D eigenvalue weighted by atomic mass is 35.5. The third-order valence-electron chi connectivity index (χ3n) is 6.04. The fourth-order valence-electron chi connectivity index (χ4n) is 4.20. The van der Waals surface area contributed by atoms with E-state index >= 15 is 0 Å². The van der Waals surface area contributed by atoms with Crippen molar-refractivity contribution in [3.63, 3.8) is 0 Å². The molecule has 0 radical (unpaired) electrons. The molecule has 0 bridgehead atoms. The zero-order valence-electron chi connectivity index (χ0n) is 18.5. The topological polar surface area (TPSA) is 66.5 Å². The summed E-state index contributed by atoms with van der Waals surface area (Å²) in [5, 5.41) is 3.28. The maximum Gasteiger partial charge on any atom is 0.253 e. The lowest BCUT2D eigenvalue weighted by Crippen LogP contribution is -2.36. The average molecular weight is 483 g/mol. The van der Waals surface area contributed by atoms with Gasteiger partial charge in [0.15, 0.2) is 0 Å². The number of halogens is 1. The van der Waals surface area contributed by atoms with Crippen LogP contribution in [0.15, 0.2) is 77.7 Å². The Bertz CT molecular complexity index is 1240. The minimum Gasteiger partial charge on any atom is -0.341 e. The van der Waals surface area contributed by atoms with Gasteiger partial charge in [0.1, 0.15) is 0 Å². The molecule has 4 rings (SSSR count). The Balaban J connectivity index is 1.68. The van der Waals surface area contributed by atoms with Gasteiger partial charge in [0.25, 0.3) is 5.91 Å². The predicted molar refractivity (Wildman–Crippen MR) is 131 cm³/mol. The molecule has 1 amide bonds. The molecule has 3 aromatic rings. The van der Waals surface area contributed by atoms with Crippen molar-refractivity contribution in [2.75, 3.05) is 13.1 Å². The van der Waals surface area contributed by atoms with Crippen LogP contribution in [-0.4, -0.2) is 31.7 Å². The normalized spacial score (nSPS) is 15.7. The zero-order chi connectivity index (χ0) is 23.4. The maximum absolute atomic E-state index is 13.4. The van der Waals surface area contributed by atoms with Crippen LogP contribution in [0.2, 0.25) is 5.02 Å². The number of carbonyl (C=O) groups excluding carboxylic acids is 1. The lowest BCUT2D eigenvalue weighted by atomic mass is 9.94. The molecule has 1 N–H and O–H groups in total. The number of piperidine rings is 1. The average Bonchev–Trinajstić information content (AvgIpc) is 2.84. The lowest BCUT2D eigenvalue weighted by molar-refractivity contribution is 0.0943. The number of nitrogens with zero attached hydrogens (tertiary/aromatic N) is 1. The van der Waals surface area contributed by atoms with Crippen LogP contribution < -0.4 is 5.32 Å². The molecule has 1 saturated heterocycles. The predicted octanol–water partition coefficient (Wildman–Crippen LogP) is 5.34. The Labute approximate surface area is 200 Å². The SMILES string of the molecule is Cc1ccccc1[C@@H](NC(=O)c1cc(S(=O)(=O)N2CCCCC2)ccc1Cl)c1ccccc1. The van der Waals surface area contributed by atoms with Crippen LogP contribution in [0.4, 0.5) is 0 Å². The Morgan fingerprint density at radius 3 is 2.30 bits per heavy atom. The van der Waals surface area contributed by atoms with Gasteiger partial charge in [-0.3, -0.25) is 4.79 Å². The summed E-state index contributed by atoms with van der Waals surface area (Å²) in [6, 6.07) is 21.5. The number of carbonyl (C=O) groups is 1. The highest BCUT2D eigenvalue weighted by Crippen LogP contribution is 2.28. The summed E-state index contributed by atoms with van der Waals surface area (Å²) in [5.41, 5.74) is 3.07. The van der Waals surface area contributed by atoms with Crippen LogP contribution in [0.3, 0.4) is 0 Å². The van der Waals surface area contributed by atoms with E-state index in [2.05, 4.69) is 5.32 Å². The Morgan fingerprint density at radius 2 is 1.61 bits per heavy atom. The van der Waals surface area contributed by atoms with E-state index in [4.69, 9.17) is 11.6 Å². The molecule has 0 saturated carbocycles. The van der Waals surface area contributed by atoms with E-state index in [1.807, 2.05) is 61.5 Å². The molecule has 0 aliphatic carbocycles. The molecule has 0 aromatic heterocycles. The lowest BCUT2D eigenvalue weighted by Gasteiger charge is -2.26. The summed E-state index contributed by atoms with van der Waals surface area (Å²) in [4.78, 5) is 13.5. The van der Waals surface area contributed by atoms with E-state index in [9.17, 15) is 13.2 Å². The van der Waals surface area contributed by atoms with Gasteiger partial charge in [-0.15, -0.1) is 0 Å². The molecule has 1 heterocycles. The van der Waals surface area contributed by atoms with Crippen LogP contribution >= 0.6 is 11.6 Å². The molecule has 33 heavy (non-hydrogen) atoms. The molecule has 5 nitrogen and oxygen atoms in total. The van der Waals surface area contributed by atoms with Gasteiger partial charge >= 0.3 is 0 Å². The number of nitrogens with one attached hydrogen (secondary N) is 1. The molecule has 1 fully saturated rings. The van der Waals surface area contributed by atoms with Crippen molar-refractivity contribution >= 4 is 27.5 Å². The van der Waals surface area contributed by atoms with Crippen LogP contribution in [-0.2, 0) is 10.0 Å². The second-order valence-electron chi connectivity index (χ2n) is 8.28. The minimum absolute atomic E-state index is 0.0890. The number of hydrogen-bond acceptors (Lipinski definition) is 3. The highest BCUT2D eigenvalue weighted by molar-refractivity contribution is 7.89. The number of rotatable bonds is 6. The molecule has 172 valence electrons. The number of hydrogen-bond donors (Lipinski definition) is 1. The molecule has 1 aliphatic heterocycles. The van der Waals surface area contributed by atoms with Crippen molar-refractivity contribution < 1.29 is 13.2 Å². The first-order chi connectivity index (χ1) is 15.9. The largest absolute Gasteiger partial charge is 0.341 e. The van der Waals surface area contributed by atoms with Gasteiger partial charge in [0.2, 0.25) is 10.0 Å². The standard InChI is InChI=1S/C26H27ClN2O3S/c1-19-10-6-7-13-22(19)25(20-11-4-2-5-12-20)28-26(30)23-18-21(14-15-24(23)27)33(31,32)29-16-8-3-9-17-29/h2,4-7,10-15,18,25H,3,8-9,16-17H2,1H3,(H,28,30)/t25-/m0/s1. The Hall–Kier alpha value is -2.67. The molecule has 1 atom stereocenters. The van der Waals surface area contributed by atoms with Gasteiger partial charge in [-0.25, -0.2) is 8.42 Å². The van der Waals surface area contributed by atoms with E-state index in [-0.39, 0.29) is 15.5 Å².